The Morgan fingerprint density at radius 3 is 2.70 bits per heavy atom. The summed E-state index contributed by atoms with van der Waals surface area (Å²) in [5.74, 6) is 0. The zero-order valence-electron chi connectivity index (χ0n) is 11.6. The molecule has 1 aliphatic rings. The van der Waals surface area contributed by atoms with Crippen LogP contribution in [0.15, 0.2) is 40.2 Å². The molecule has 0 amide bonds. The van der Waals surface area contributed by atoms with Crippen LogP contribution in [0.4, 0.5) is 0 Å². The zero-order chi connectivity index (χ0) is 13.9. The maximum absolute atomic E-state index is 3.61. The Bertz CT molecular complexity index is 575. The molecular weight excluding hydrogens is 332 g/mol. The van der Waals surface area contributed by atoms with Crippen molar-refractivity contribution in [3.8, 4) is 0 Å². The van der Waals surface area contributed by atoms with Gasteiger partial charge >= 0.3 is 0 Å². The van der Waals surface area contributed by atoms with E-state index in [1.807, 2.05) is 11.3 Å². The Kier molecular flexibility index (Phi) is 4.56. The molecule has 1 atom stereocenters. The van der Waals surface area contributed by atoms with E-state index in [1.165, 1.54) is 16.0 Å². The highest BCUT2D eigenvalue weighted by atomic mass is 79.9. The van der Waals surface area contributed by atoms with Crippen LogP contribution in [-0.4, -0.2) is 31.1 Å². The van der Waals surface area contributed by atoms with Crippen LogP contribution in [0.2, 0.25) is 0 Å². The maximum atomic E-state index is 3.61. The lowest BCUT2D eigenvalue weighted by Gasteiger charge is -2.35. The molecule has 3 rings (SSSR count). The number of hydrogen-bond acceptors (Lipinski definition) is 3. The Morgan fingerprint density at radius 2 is 2.05 bits per heavy atom. The molecule has 1 fully saturated rings. The van der Waals surface area contributed by atoms with Crippen LogP contribution in [0, 0.1) is 6.92 Å². The molecule has 1 unspecified atom stereocenters. The minimum absolute atomic E-state index is 0.384. The molecule has 2 nitrogen and oxygen atoms in total. The first-order valence-corrected chi connectivity index (χ1v) is 8.67. The molecule has 2 aromatic rings. The van der Waals surface area contributed by atoms with E-state index in [-0.39, 0.29) is 0 Å². The van der Waals surface area contributed by atoms with Crippen molar-refractivity contribution in [3.05, 3.63) is 56.2 Å². The largest absolute Gasteiger partial charge is 0.314 e. The molecule has 1 aliphatic heterocycles. The summed E-state index contributed by atoms with van der Waals surface area (Å²) in [6.07, 6.45) is 0. The summed E-state index contributed by atoms with van der Waals surface area (Å²) in [6, 6.07) is 11.3. The molecule has 4 heteroatoms. The summed E-state index contributed by atoms with van der Waals surface area (Å²) < 4.78 is 1.16. The van der Waals surface area contributed by atoms with Gasteiger partial charge in [0, 0.05) is 35.5 Å². The fraction of sp³-hybridized carbons (Fsp3) is 0.375. The van der Waals surface area contributed by atoms with Crippen molar-refractivity contribution in [3.63, 3.8) is 0 Å². The number of thiophene rings is 1. The topological polar surface area (TPSA) is 15.3 Å². The molecule has 0 radical (unpaired) electrons. The van der Waals surface area contributed by atoms with Gasteiger partial charge < -0.3 is 5.32 Å². The van der Waals surface area contributed by atoms with Crippen molar-refractivity contribution in [2.45, 2.75) is 13.0 Å². The van der Waals surface area contributed by atoms with E-state index in [4.69, 9.17) is 0 Å². The lowest BCUT2D eigenvalue weighted by Crippen LogP contribution is -2.45. The van der Waals surface area contributed by atoms with Gasteiger partial charge in [-0.15, -0.1) is 11.3 Å². The fourth-order valence-electron chi connectivity index (χ4n) is 2.81. The van der Waals surface area contributed by atoms with Gasteiger partial charge in [-0.1, -0.05) is 28.1 Å². The van der Waals surface area contributed by atoms with Crippen molar-refractivity contribution >= 4 is 27.3 Å². The summed E-state index contributed by atoms with van der Waals surface area (Å²) in [6.45, 7) is 6.59. The van der Waals surface area contributed by atoms with E-state index in [0.29, 0.717) is 6.04 Å². The highest BCUT2D eigenvalue weighted by Gasteiger charge is 2.26. The van der Waals surface area contributed by atoms with Crippen molar-refractivity contribution in [1.29, 1.82) is 0 Å². The standard InChI is InChI=1S/C16H19BrN2S/c1-12-5-10-20-16(12)15(19-8-6-18-7-9-19)13-3-2-4-14(17)11-13/h2-5,10-11,15,18H,6-9H2,1H3. The van der Waals surface area contributed by atoms with Gasteiger partial charge in [0.15, 0.2) is 0 Å². The Labute approximate surface area is 132 Å². The average molecular weight is 351 g/mol. The molecule has 20 heavy (non-hydrogen) atoms. The van der Waals surface area contributed by atoms with E-state index in [2.05, 4.69) is 68.8 Å². The molecule has 0 spiro atoms. The molecule has 2 heterocycles. The fourth-order valence-corrected chi connectivity index (χ4v) is 4.31. The van der Waals surface area contributed by atoms with Gasteiger partial charge in [0.05, 0.1) is 6.04 Å². The summed E-state index contributed by atoms with van der Waals surface area (Å²) in [5, 5.41) is 5.65. The Morgan fingerprint density at radius 1 is 1.25 bits per heavy atom. The number of benzene rings is 1. The van der Waals surface area contributed by atoms with Crippen LogP contribution >= 0.6 is 27.3 Å². The number of hydrogen-bond donors (Lipinski definition) is 1. The lowest BCUT2D eigenvalue weighted by atomic mass is 10.0. The van der Waals surface area contributed by atoms with Gasteiger partial charge in [0.2, 0.25) is 0 Å². The van der Waals surface area contributed by atoms with Gasteiger partial charge in [0.25, 0.3) is 0 Å². The summed E-state index contributed by atoms with van der Waals surface area (Å²) in [7, 11) is 0. The average Bonchev–Trinajstić information content (AvgIpc) is 2.87. The van der Waals surface area contributed by atoms with Crippen LogP contribution in [0.3, 0.4) is 0 Å². The quantitative estimate of drug-likeness (QED) is 0.905. The zero-order valence-corrected chi connectivity index (χ0v) is 14.0. The van der Waals surface area contributed by atoms with Crippen LogP contribution in [0.25, 0.3) is 0 Å². The van der Waals surface area contributed by atoms with Crippen molar-refractivity contribution < 1.29 is 0 Å². The molecule has 1 N–H and O–H groups in total. The molecular formula is C16H19BrN2S. The van der Waals surface area contributed by atoms with E-state index in [1.54, 1.807) is 0 Å². The number of rotatable bonds is 3. The SMILES string of the molecule is Cc1ccsc1C(c1cccc(Br)c1)N1CCNCC1. The monoisotopic (exact) mass is 350 g/mol. The number of halogens is 1. The van der Waals surface area contributed by atoms with Gasteiger partial charge in [-0.25, -0.2) is 0 Å². The predicted octanol–water partition coefficient (Wildman–Crippen LogP) is 3.81. The predicted molar refractivity (Wildman–Crippen MR) is 89.5 cm³/mol. The van der Waals surface area contributed by atoms with Gasteiger partial charge in [0.1, 0.15) is 0 Å². The van der Waals surface area contributed by atoms with Crippen molar-refractivity contribution in [1.82, 2.24) is 10.2 Å². The number of nitrogens with zero attached hydrogens (tertiary/aromatic N) is 1. The minimum atomic E-state index is 0.384. The van der Waals surface area contributed by atoms with Crippen LogP contribution < -0.4 is 5.32 Å². The van der Waals surface area contributed by atoms with Crippen LogP contribution in [0.1, 0.15) is 22.0 Å². The third-order valence-corrected chi connectivity index (χ3v) is 5.40. The lowest BCUT2D eigenvalue weighted by molar-refractivity contribution is 0.200. The third-order valence-electron chi connectivity index (χ3n) is 3.83. The third kappa shape index (κ3) is 2.98. The molecule has 0 saturated carbocycles. The Balaban J connectivity index is 2.01. The van der Waals surface area contributed by atoms with Gasteiger partial charge in [-0.05, 0) is 41.6 Å². The molecule has 1 aromatic heterocycles. The van der Waals surface area contributed by atoms with Gasteiger partial charge in [-0.3, -0.25) is 4.90 Å². The van der Waals surface area contributed by atoms with Crippen molar-refractivity contribution in [2.24, 2.45) is 0 Å². The second-order valence-corrected chi connectivity index (χ2v) is 7.07. The summed E-state index contributed by atoms with van der Waals surface area (Å²) >= 11 is 5.48. The highest BCUT2D eigenvalue weighted by molar-refractivity contribution is 9.10. The highest BCUT2D eigenvalue weighted by Crippen LogP contribution is 2.35. The molecule has 1 aromatic carbocycles. The smallest absolute Gasteiger partial charge is 0.0700 e. The van der Waals surface area contributed by atoms with E-state index in [0.717, 1.165) is 30.7 Å². The summed E-state index contributed by atoms with van der Waals surface area (Å²) in [5.41, 5.74) is 2.78. The van der Waals surface area contributed by atoms with Gasteiger partial charge in [-0.2, -0.15) is 0 Å². The number of nitrogens with one attached hydrogen (secondary N) is 1. The van der Waals surface area contributed by atoms with Crippen molar-refractivity contribution in [2.75, 3.05) is 26.2 Å². The van der Waals surface area contributed by atoms with E-state index in [9.17, 15) is 0 Å². The normalized spacial score (nSPS) is 18.1. The van der Waals surface area contributed by atoms with Crippen LogP contribution in [-0.2, 0) is 0 Å². The first-order chi connectivity index (χ1) is 9.75. The number of aryl methyl sites for hydroxylation is 1. The van der Waals surface area contributed by atoms with Crippen LogP contribution in [0.5, 0.6) is 0 Å². The Hall–Kier alpha value is -0.680. The second-order valence-electron chi connectivity index (χ2n) is 5.21. The summed E-state index contributed by atoms with van der Waals surface area (Å²) in [4.78, 5) is 4.07. The first kappa shape index (κ1) is 14.3. The molecule has 1 saturated heterocycles. The maximum Gasteiger partial charge on any atom is 0.0700 e. The van der Waals surface area contributed by atoms with E-state index >= 15 is 0 Å². The van der Waals surface area contributed by atoms with E-state index < -0.39 is 0 Å². The number of piperazine rings is 1. The molecule has 0 aliphatic carbocycles. The first-order valence-electron chi connectivity index (χ1n) is 7.00. The molecule has 106 valence electrons. The molecule has 0 bridgehead atoms. The second kappa shape index (κ2) is 6.39. The minimum Gasteiger partial charge on any atom is -0.314 e.